The smallest absolute Gasteiger partial charge is 0.312 e. The highest BCUT2D eigenvalue weighted by Gasteiger charge is 1.99. The van der Waals surface area contributed by atoms with E-state index in [0.717, 1.165) is 0 Å². The topological polar surface area (TPSA) is 93.4 Å². The van der Waals surface area contributed by atoms with Gasteiger partial charge in [0.2, 0.25) is 5.91 Å². The first-order valence-corrected chi connectivity index (χ1v) is 3.95. The van der Waals surface area contributed by atoms with Crippen LogP contribution in [0.2, 0.25) is 0 Å². The zero-order chi connectivity index (χ0) is 10.1. The maximum Gasteiger partial charge on any atom is 0.312 e. The largest absolute Gasteiger partial charge is 0.383 e. The Morgan fingerprint density at radius 3 is 2.54 bits per heavy atom. The van der Waals surface area contributed by atoms with Crippen LogP contribution in [0.4, 0.5) is 4.79 Å². The Kier molecular flexibility index (Phi) is 6.62. The van der Waals surface area contributed by atoms with Crippen LogP contribution in [-0.2, 0) is 9.53 Å². The predicted molar refractivity (Wildman–Crippen MR) is 47.1 cm³/mol. The van der Waals surface area contributed by atoms with Gasteiger partial charge in [-0.05, 0) is 0 Å². The average molecular weight is 189 g/mol. The number of methoxy groups -OCH3 is 1. The standard InChI is InChI=1S/C7H15N3O3/c1-13-5-4-9-6(11)2-3-10-7(8)12/h2-5H2,1H3,(H,9,11)(H3,8,10,12). The fraction of sp³-hybridized carbons (Fsp3) is 0.714. The number of ether oxygens (including phenoxy) is 1. The van der Waals surface area contributed by atoms with Crippen LogP contribution in [0.15, 0.2) is 0 Å². The molecule has 0 spiro atoms. The first-order valence-electron chi connectivity index (χ1n) is 3.95. The quantitative estimate of drug-likeness (QED) is 0.458. The normalized spacial score (nSPS) is 9.31. The van der Waals surface area contributed by atoms with E-state index in [-0.39, 0.29) is 18.9 Å². The number of hydrogen-bond acceptors (Lipinski definition) is 3. The van der Waals surface area contributed by atoms with E-state index in [0.29, 0.717) is 13.2 Å². The van der Waals surface area contributed by atoms with Gasteiger partial charge >= 0.3 is 6.03 Å². The number of primary amides is 1. The molecular weight excluding hydrogens is 174 g/mol. The first-order chi connectivity index (χ1) is 6.16. The third-order valence-electron chi connectivity index (χ3n) is 1.28. The second kappa shape index (κ2) is 7.35. The molecule has 0 saturated carbocycles. The molecule has 0 bridgehead atoms. The van der Waals surface area contributed by atoms with Gasteiger partial charge in [0.1, 0.15) is 0 Å². The Morgan fingerprint density at radius 2 is 2.00 bits per heavy atom. The highest BCUT2D eigenvalue weighted by molar-refractivity contribution is 5.77. The van der Waals surface area contributed by atoms with Gasteiger partial charge in [0.25, 0.3) is 0 Å². The monoisotopic (exact) mass is 189 g/mol. The number of amides is 3. The van der Waals surface area contributed by atoms with E-state index in [1.165, 1.54) is 0 Å². The van der Waals surface area contributed by atoms with Gasteiger partial charge in [-0.2, -0.15) is 0 Å². The van der Waals surface area contributed by atoms with Gasteiger partial charge in [0.15, 0.2) is 0 Å². The van der Waals surface area contributed by atoms with Crippen LogP contribution >= 0.6 is 0 Å². The van der Waals surface area contributed by atoms with Crippen molar-refractivity contribution >= 4 is 11.9 Å². The Balaban J connectivity index is 3.25. The Hall–Kier alpha value is -1.30. The van der Waals surface area contributed by atoms with Crippen molar-refractivity contribution in [3.8, 4) is 0 Å². The zero-order valence-electron chi connectivity index (χ0n) is 7.63. The van der Waals surface area contributed by atoms with Gasteiger partial charge in [-0.15, -0.1) is 0 Å². The van der Waals surface area contributed by atoms with E-state index < -0.39 is 6.03 Å². The summed E-state index contributed by atoms with van der Waals surface area (Å²) in [7, 11) is 1.56. The average Bonchev–Trinajstić information content (AvgIpc) is 2.04. The predicted octanol–water partition coefficient (Wildman–Crippen LogP) is -1.19. The van der Waals surface area contributed by atoms with Gasteiger partial charge < -0.3 is 21.1 Å². The third kappa shape index (κ3) is 8.61. The van der Waals surface area contributed by atoms with Crippen molar-refractivity contribution in [3.63, 3.8) is 0 Å². The fourth-order valence-electron chi connectivity index (χ4n) is 0.680. The number of nitrogens with one attached hydrogen (secondary N) is 2. The lowest BCUT2D eigenvalue weighted by atomic mass is 10.4. The van der Waals surface area contributed by atoms with E-state index in [1.54, 1.807) is 7.11 Å². The van der Waals surface area contributed by atoms with E-state index in [9.17, 15) is 9.59 Å². The van der Waals surface area contributed by atoms with Crippen LogP contribution in [0.3, 0.4) is 0 Å². The molecule has 0 aromatic carbocycles. The summed E-state index contributed by atoms with van der Waals surface area (Å²) in [6, 6.07) is -0.621. The van der Waals surface area contributed by atoms with E-state index >= 15 is 0 Å². The summed E-state index contributed by atoms with van der Waals surface area (Å²) in [5.74, 6) is -0.134. The van der Waals surface area contributed by atoms with Crippen LogP contribution in [0, 0.1) is 0 Å². The van der Waals surface area contributed by atoms with Crippen LogP contribution in [0.1, 0.15) is 6.42 Å². The van der Waals surface area contributed by atoms with Crippen molar-refractivity contribution in [2.24, 2.45) is 5.73 Å². The number of carbonyl (C=O) groups excluding carboxylic acids is 2. The maximum atomic E-state index is 10.9. The number of urea groups is 1. The van der Waals surface area contributed by atoms with Crippen LogP contribution < -0.4 is 16.4 Å². The van der Waals surface area contributed by atoms with Crippen molar-refractivity contribution in [1.82, 2.24) is 10.6 Å². The molecule has 3 amide bonds. The van der Waals surface area contributed by atoms with Gasteiger partial charge in [-0.1, -0.05) is 0 Å². The Morgan fingerprint density at radius 1 is 1.31 bits per heavy atom. The maximum absolute atomic E-state index is 10.9. The van der Waals surface area contributed by atoms with E-state index in [1.807, 2.05) is 0 Å². The molecular formula is C7H15N3O3. The number of nitrogens with two attached hydrogens (primary N) is 1. The summed E-state index contributed by atoms with van der Waals surface area (Å²) in [4.78, 5) is 21.1. The van der Waals surface area contributed by atoms with E-state index in [4.69, 9.17) is 10.5 Å². The molecule has 0 aliphatic heterocycles. The second-order valence-corrected chi connectivity index (χ2v) is 2.38. The summed E-state index contributed by atoms with van der Waals surface area (Å²) in [5.41, 5.74) is 4.80. The van der Waals surface area contributed by atoms with Crippen LogP contribution in [-0.4, -0.2) is 38.7 Å². The molecule has 0 aromatic rings. The van der Waals surface area contributed by atoms with Crippen molar-refractivity contribution in [2.75, 3.05) is 26.8 Å². The van der Waals surface area contributed by atoms with Crippen molar-refractivity contribution < 1.29 is 14.3 Å². The molecule has 0 heterocycles. The molecule has 0 atom stereocenters. The minimum absolute atomic E-state index is 0.134. The number of carbonyl (C=O) groups is 2. The number of rotatable bonds is 6. The molecule has 6 nitrogen and oxygen atoms in total. The van der Waals surface area contributed by atoms with Gasteiger partial charge in [-0.25, -0.2) is 4.79 Å². The van der Waals surface area contributed by atoms with Crippen LogP contribution in [0.25, 0.3) is 0 Å². The lowest BCUT2D eigenvalue weighted by Gasteiger charge is -2.04. The number of hydrogen-bond donors (Lipinski definition) is 3. The lowest BCUT2D eigenvalue weighted by Crippen LogP contribution is -2.34. The molecule has 0 unspecified atom stereocenters. The second-order valence-electron chi connectivity index (χ2n) is 2.38. The molecule has 0 fully saturated rings. The molecule has 0 aliphatic carbocycles. The first kappa shape index (κ1) is 11.7. The van der Waals surface area contributed by atoms with Crippen molar-refractivity contribution in [3.05, 3.63) is 0 Å². The molecule has 0 rings (SSSR count). The minimum Gasteiger partial charge on any atom is -0.383 e. The van der Waals surface area contributed by atoms with Gasteiger partial charge in [0, 0.05) is 26.6 Å². The highest BCUT2D eigenvalue weighted by atomic mass is 16.5. The summed E-state index contributed by atoms with van der Waals surface area (Å²) in [6.07, 6.45) is 0.229. The molecule has 0 saturated heterocycles. The van der Waals surface area contributed by atoms with E-state index in [2.05, 4.69) is 10.6 Å². The molecule has 0 radical (unpaired) electrons. The molecule has 0 aromatic heterocycles. The molecule has 76 valence electrons. The third-order valence-corrected chi connectivity index (χ3v) is 1.28. The van der Waals surface area contributed by atoms with Gasteiger partial charge in [0.05, 0.1) is 6.61 Å². The summed E-state index contributed by atoms with van der Waals surface area (Å²) in [6.45, 7) is 1.22. The highest BCUT2D eigenvalue weighted by Crippen LogP contribution is 1.76. The zero-order valence-corrected chi connectivity index (χ0v) is 7.63. The minimum atomic E-state index is -0.621. The SMILES string of the molecule is COCCNC(=O)CCNC(N)=O. The molecule has 0 aliphatic rings. The molecule has 4 N–H and O–H groups in total. The van der Waals surface area contributed by atoms with Gasteiger partial charge in [-0.3, -0.25) is 4.79 Å². The van der Waals surface area contributed by atoms with Crippen molar-refractivity contribution in [2.45, 2.75) is 6.42 Å². The summed E-state index contributed by atoms with van der Waals surface area (Å²) >= 11 is 0. The van der Waals surface area contributed by atoms with Crippen molar-refractivity contribution in [1.29, 1.82) is 0 Å². The molecule has 13 heavy (non-hydrogen) atoms. The Labute approximate surface area is 76.8 Å². The lowest BCUT2D eigenvalue weighted by molar-refractivity contribution is -0.121. The summed E-state index contributed by atoms with van der Waals surface area (Å²) in [5, 5.41) is 4.91. The van der Waals surface area contributed by atoms with Crippen LogP contribution in [0.5, 0.6) is 0 Å². The fourth-order valence-corrected chi connectivity index (χ4v) is 0.680. The Bertz CT molecular complexity index is 172. The summed E-state index contributed by atoms with van der Waals surface area (Å²) < 4.78 is 4.73. The molecule has 6 heteroatoms.